The number of carbonyl (C=O) groups is 1. The van der Waals surface area contributed by atoms with E-state index >= 15 is 0 Å². The number of nitrogens with zero attached hydrogens (tertiary/aromatic N) is 3. The van der Waals surface area contributed by atoms with Crippen molar-refractivity contribution in [3.05, 3.63) is 11.6 Å². The Labute approximate surface area is 113 Å². The topological polar surface area (TPSA) is 87.9 Å². The van der Waals surface area contributed by atoms with Crippen molar-refractivity contribution >= 4 is 5.91 Å². The number of H-pyrrole nitrogens is 1. The molecule has 3 N–H and O–H groups in total. The van der Waals surface area contributed by atoms with Gasteiger partial charge in [0, 0.05) is 18.5 Å². The molecule has 0 unspecified atom stereocenters. The van der Waals surface area contributed by atoms with Gasteiger partial charge in [-0.05, 0) is 25.3 Å². The maximum absolute atomic E-state index is 12.3. The van der Waals surface area contributed by atoms with Crippen LogP contribution in [0, 0.1) is 5.92 Å². The lowest BCUT2D eigenvalue weighted by molar-refractivity contribution is 0.0681. The molecular weight excluding hydrogens is 242 g/mol. The molecule has 1 amide bonds. The van der Waals surface area contributed by atoms with E-state index in [4.69, 9.17) is 5.73 Å². The molecule has 2 rings (SSSR count). The first-order chi connectivity index (χ1) is 8.91. The molecule has 106 valence electrons. The zero-order chi connectivity index (χ0) is 14.0. The van der Waals surface area contributed by atoms with E-state index in [-0.39, 0.29) is 17.1 Å². The first kappa shape index (κ1) is 14.0. The molecule has 0 atom stereocenters. The van der Waals surface area contributed by atoms with Crippen LogP contribution in [0.25, 0.3) is 0 Å². The van der Waals surface area contributed by atoms with Gasteiger partial charge in [-0.3, -0.25) is 9.89 Å². The molecule has 2 heterocycles. The first-order valence-electron chi connectivity index (χ1n) is 6.84. The molecule has 0 aromatic carbocycles. The lowest BCUT2D eigenvalue weighted by Gasteiger charge is -2.30. The standard InChI is InChI=1S/C13H23N5O/c1-13(2,3)12-15-10(16-17-12)11(19)18-6-4-9(8-14)5-7-18/h9H,4-8,14H2,1-3H3,(H,15,16,17). The third-order valence-corrected chi connectivity index (χ3v) is 3.62. The molecule has 19 heavy (non-hydrogen) atoms. The molecule has 1 aliphatic rings. The third-order valence-electron chi connectivity index (χ3n) is 3.62. The fourth-order valence-corrected chi connectivity index (χ4v) is 2.21. The van der Waals surface area contributed by atoms with Gasteiger partial charge in [-0.15, -0.1) is 5.10 Å². The summed E-state index contributed by atoms with van der Waals surface area (Å²) < 4.78 is 0. The highest BCUT2D eigenvalue weighted by atomic mass is 16.2. The highest BCUT2D eigenvalue weighted by molar-refractivity contribution is 5.90. The summed E-state index contributed by atoms with van der Waals surface area (Å²) in [5, 5.41) is 6.90. The Hall–Kier alpha value is -1.43. The smallest absolute Gasteiger partial charge is 0.293 e. The number of likely N-dealkylation sites (tertiary alicyclic amines) is 1. The SMILES string of the molecule is CC(C)(C)c1nc(C(=O)N2CCC(CN)CC2)n[nH]1. The molecule has 0 radical (unpaired) electrons. The maximum atomic E-state index is 12.3. The van der Waals surface area contributed by atoms with E-state index in [0.717, 1.165) is 31.8 Å². The van der Waals surface area contributed by atoms with Gasteiger partial charge in [0.2, 0.25) is 5.82 Å². The summed E-state index contributed by atoms with van der Waals surface area (Å²) in [5.74, 6) is 1.48. The fraction of sp³-hybridized carbons (Fsp3) is 0.769. The molecule has 1 aliphatic heterocycles. The minimum Gasteiger partial charge on any atom is -0.336 e. The zero-order valence-electron chi connectivity index (χ0n) is 11.9. The van der Waals surface area contributed by atoms with Crippen LogP contribution in [0.2, 0.25) is 0 Å². The number of hydrogen-bond donors (Lipinski definition) is 2. The van der Waals surface area contributed by atoms with Crippen LogP contribution in [-0.4, -0.2) is 45.6 Å². The second-order valence-corrected chi connectivity index (χ2v) is 6.23. The largest absolute Gasteiger partial charge is 0.336 e. The van der Waals surface area contributed by atoms with Crippen LogP contribution >= 0.6 is 0 Å². The van der Waals surface area contributed by atoms with Crippen molar-refractivity contribution in [2.75, 3.05) is 19.6 Å². The van der Waals surface area contributed by atoms with Crippen LogP contribution in [0.1, 0.15) is 50.1 Å². The Morgan fingerprint density at radius 3 is 2.53 bits per heavy atom. The second kappa shape index (κ2) is 5.28. The second-order valence-electron chi connectivity index (χ2n) is 6.23. The molecule has 1 aromatic heterocycles. The van der Waals surface area contributed by atoms with Crippen molar-refractivity contribution in [1.29, 1.82) is 0 Å². The van der Waals surface area contributed by atoms with Crippen molar-refractivity contribution in [1.82, 2.24) is 20.1 Å². The van der Waals surface area contributed by atoms with Gasteiger partial charge in [-0.2, -0.15) is 0 Å². The van der Waals surface area contributed by atoms with E-state index in [2.05, 4.69) is 15.2 Å². The van der Waals surface area contributed by atoms with Crippen LogP contribution in [0.5, 0.6) is 0 Å². The van der Waals surface area contributed by atoms with Gasteiger partial charge in [0.15, 0.2) is 0 Å². The summed E-state index contributed by atoms with van der Waals surface area (Å²) in [6, 6.07) is 0. The minimum absolute atomic E-state index is 0.0813. The molecule has 1 aromatic rings. The zero-order valence-corrected chi connectivity index (χ0v) is 11.9. The number of amides is 1. The number of hydrogen-bond acceptors (Lipinski definition) is 4. The number of aromatic nitrogens is 3. The Balaban J connectivity index is 2.02. The van der Waals surface area contributed by atoms with Gasteiger partial charge in [0.1, 0.15) is 5.82 Å². The van der Waals surface area contributed by atoms with Crippen LogP contribution in [-0.2, 0) is 5.41 Å². The van der Waals surface area contributed by atoms with Crippen LogP contribution in [0.4, 0.5) is 0 Å². The number of nitrogens with one attached hydrogen (secondary N) is 1. The van der Waals surface area contributed by atoms with Crippen LogP contribution in [0.3, 0.4) is 0 Å². The van der Waals surface area contributed by atoms with Gasteiger partial charge in [0.05, 0.1) is 0 Å². The van der Waals surface area contributed by atoms with Gasteiger partial charge in [0.25, 0.3) is 5.91 Å². The number of piperidine rings is 1. The van der Waals surface area contributed by atoms with Crippen molar-refractivity contribution in [3.8, 4) is 0 Å². The Bertz CT molecular complexity index is 440. The molecule has 0 saturated carbocycles. The molecule has 0 spiro atoms. The first-order valence-corrected chi connectivity index (χ1v) is 6.84. The van der Waals surface area contributed by atoms with E-state index in [1.165, 1.54) is 0 Å². The highest BCUT2D eigenvalue weighted by Gasteiger charge is 2.27. The van der Waals surface area contributed by atoms with Crippen molar-refractivity contribution in [2.45, 2.75) is 39.0 Å². The van der Waals surface area contributed by atoms with Crippen molar-refractivity contribution in [3.63, 3.8) is 0 Å². The summed E-state index contributed by atoms with van der Waals surface area (Å²) >= 11 is 0. The van der Waals surface area contributed by atoms with E-state index in [9.17, 15) is 4.79 Å². The van der Waals surface area contributed by atoms with Gasteiger partial charge >= 0.3 is 0 Å². The molecule has 0 aliphatic carbocycles. The lowest BCUT2D eigenvalue weighted by Crippen LogP contribution is -2.40. The summed E-state index contributed by atoms with van der Waals surface area (Å²) in [6.07, 6.45) is 1.94. The van der Waals surface area contributed by atoms with E-state index < -0.39 is 0 Å². The average Bonchev–Trinajstić information content (AvgIpc) is 2.87. The molecule has 1 saturated heterocycles. The molecule has 6 heteroatoms. The maximum Gasteiger partial charge on any atom is 0.293 e. The third kappa shape index (κ3) is 3.12. The number of carbonyl (C=O) groups excluding carboxylic acids is 1. The van der Waals surface area contributed by atoms with E-state index in [1.807, 2.05) is 25.7 Å². The summed E-state index contributed by atoms with van der Waals surface area (Å²) in [6.45, 7) is 8.31. The predicted octanol–water partition coefficient (Wildman–Crippen LogP) is 0.913. The van der Waals surface area contributed by atoms with Crippen molar-refractivity contribution in [2.24, 2.45) is 11.7 Å². The molecular formula is C13H23N5O. The summed E-state index contributed by atoms with van der Waals surface area (Å²) in [5.41, 5.74) is 5.53. The minimum atomic E-state index is -0.127. The average molecular weight is 265 g/mol. The summed E-state index contributed by atoms with van der Waals surface area (Å²) in [7, 11) is 0. The quantitative estimate of drug-likeness (QED) is 0.832. The molecule has 1 fully saturated rings. The predicted molar refractivity (Wildman–Crippen MR) is 72.8 cm³/mol. The van der Waals surface area contributed by atoms with E-state index in [1.54, 1.807) is 0 Å². The van der Waals surface area contributed by atoms with Crippen molar-refractivity contribution < 1.29 is 4.79 Å². The Morgan fingerprint density at radius 2 is 2.05 bits per heavy atom. The number of nitrogens with two attached hydrogens (primary N) is 1. The highest BCUT2D eigenvalue weighted by Crippen LogP contribution is 2.20. The molecule has 0 bridgehead atoms. The van der Waals surface area contributed by atoms with E-state index in [0.29, 0.717) is 12.5 Å². The van der Waals surface area contributed by atoms with Gasteiger partial charge < -0.3 is 10.6 Å². The number of rotatable bonds is 2. The van der Waals surface area contributed by atoms with Crippen LogP contribution < -0.4 is 5.73 Å². The summed E-state index contributed by atoms with van der Waals surface area (Å²) in [4.78, 5) is 18.4. The molecule has 6 nitrogen and oxygen atoms in total. The van der Waals surface area contributed by atoms with Gasteiger partial charge in [-0.1, -0.05) is 20.8 Å². The lowest BCUT2D eigenvalue weighted by atomic mass is 9.96. The Morgan fingerprint density at radius 1 is 1.42 bits per heavy atom. The fourth-order valence-electron chi connectivity index (χ4n) is 2.21. The van der Waals surface area contributed by atoms with Crippen LogP contribution in [0.15, 0.2) is 0 Å². The monoisotopic (exact) mass is 265 g/mol. The Kier molecular flexibility index (Phi) is 3.89. The number of aromatic amines is 1. The normalized spacial score (nSPS) is 17.8. The van der Waals surface area contributed by atoms with Gasteiger partial charge in [-0.25, -0.2) is 4.98 Å².